The number of ether oxygens (including phenoxy) is 1. The molecule has 0 unspecified atom stereocenters. The van der Waals surface area contributed by atoms with Crippen LogP contribution in [0.4, 0.5) is 0 Å². The molecule has 0 bridgehead atoms. The smallest absolute Gasteiger partial charge is 0.448 e. The summed E-state index contributed by atoms with van der Waals surface area (Å²) in [4.78, 5) is 22.1. The molecule has 0 saturated heterocycles. The van der Waals surface area contributed by atoms with E-state index in [4.69, 9.17) is 9.29 Å². The third-order valence-electron chi connectivity index (χ3n) is 2.49. The van der Waals surface area contributed by atoms with Crippen molar-refractivity contribution in [1.29, 1.82) is 0 Å². The third-order valence-corrected chi connectivity index (χ3v) is 2.89. The van der Waals surface area contributed by atoms with Gasteiger partial charge in [-0.1, -0.05) is 39.0 Å². The van der Waals surface area contributed by atoms with Crippen LogP contribution in [0, 0.1) is 0 Å². The summed E-state index contributed by atoms with van der Waals surface area (Å²) >= 11 is 0. The molecule has 0 fully saturated rings. The van der Waals surface area contributed by atoms with Crippen molar-refractivity contribution in [2.45, 2.75) is 58.3 Å². The van der Waals surface area contributed by atoms with Crippen molar-refractivity contribution in [2.24, 2.45) is 0 Å². The zero-order valence-electron chi connectivity index (χ0n) is 11.7. The molecule has 0 radical (unpaired) electrons. The molecule has 0 amide bonds. The van der Waals surface area contributed by atoms with Crippen molar-refractivity contribution in [1.82, 2.24) is 0 Å². The van der Waals surface area contributed by atoms with E-state index in [0.717, 1.165) is 19.3 Å². The van der Waals surface area contributed by atoms with E-state index in [1.165, 1.54) is 19.3 Å². The number of carbonyl (C=O) groups excluding carboxylic acids is 2. The lowest BCUT2D eigenvalue weighted by atomic mass is 10.1. The lowest BCUT2D eigenvalue weighted by Gasteiger charge is -2.04. The molecular formula is C12H22O7S. The summed E-state index contributed by atoms with van der Waals surface area (Å²) in [6.45, 7) is 2.42. The SMILES string of the molecule is CCCCCCCCOC(=O)CCC(=O)OS(=O)(=O)O. The van der Waals surface area contributed by atoms with Crippen LogP contribution in [-0.2, 0) is 28.9 Å². The van der Waals surface area contributed by atoms with Crippen LogP contribution in [0.15, 0.2) is 0 Å². The second-order valence-corrected chi connectivity index (χ2v) is 5.39. The molecule has 0 saturated carbocycles. The van der Waals surface area contributed by atoms with Gasteiger partial charge < -0.3 is 8.92 Å². The minimum atomic E-state index is -4.80. The summed E-state index contributed by atoms with van der Waals surface area (Å²) < 4.78 is 37.2. The molecular weight excluding hydrogens is 288 g/mol. The second kappa shape index (κ2) is 10.6. The van der Waals surface area contributed by atoms with E-state index < -0.39 is 28.8 Å². The summed E-state index contributed by atoms with van der Waals surface area (Å²) in [6, 6.07) is 0. The van der Waals surface area contributed by atoms with Gasteiger partial charge in [0.05, 0.1) is 19.4 Å². The summed E-state index contributed by atoms with van der Waals surface area (Å²) in [5.74, 6) is -1.78. The zero-order chi connectivity index (χ0) is 15.4. The van der Waals surface area contributed by atoms with Crippen LogP contribution >= 0.6 is 0 Å². The van der Waals surface area contributed by atoms with Crippen molar-refractivity contribution in [3.63, 3.8) is 0 Å². The fraction of sp³-hybridized carbons (Fsp3) is 0.833. The topological polar surface area (TPSA) is 107 Å². The van der Waals surface area contributed by atoms with Crippen molar-refractivity contribution >= 4 is 22.3 Å². The van der Waals surface area contributed by atoms with Crippen molar-refractivity contribution < 1.29 is 31.5 Å². The van der Waals surface area contributed by atoms with Crippen molar-refractivity contribution in [3.8, 4) is 0 Å². The largest absolute Gasteiger partial charge is 0.466 e. The quantitative estimate of drug-likeness (QED) is 0.353. The van der Waals surface area contributed by atoms with Crippen LogP contribution in [0.1, 0.15) is 58.3 Å². The molecule has 0 aliphatic carbocycles. The van der Waals surface area contributed by atoms with Gasteiger partial charge in [0.2, 0.25) is 0 Å². The van der Waals surface area contributed by atoms with Crippen LogP contribution in [0.5, 0.6) is 0 Å². The lowest BCUT2D eigenvalue weighted by molar-refractivity contribution is -0.147. The first kappa shape index (κ1) is 18.9. The van der Waals surface area contributed by atoms with Crippen LogP contribution in [0.2, 0.25) is 0 Å². The number of rotatable bonds is 11. The minimum absolute atomic E-state index is 0.274. The fourth-order valence-electron chi connectivity index (χ4n) is 1.50. The van der Waals surface area contributed by atoms with Gasteiger partial charge in [-0.05, 0) is 6.42 Å². The number of hydrogen-bond acceptors (Lipinski definition) is 6. The van der Waals surface area contributed by atoms with Gasteiger partial charge in [0.15, 0.2) is 0 Å². The van der Waals surface area contributed by atoms with Crippen LogP contribution < -0.4 is 0 Å². The molecule has 20 heavy (non-hydrogen) atoms. The molecule has 0 aliphatic rings. The van der Waals surface area contributed by atoms with Gasteiger partial charge in [0, 0.05) is 0 Å². The molecule has 0 aliphatic heterocycles. The highest BCUT2D eigenvalue weighted by Gasteiger charge is 2.15. The van der Waals surface area contributed by atoms with Gasteiger partial charge in [0.25, 0.3) is 0 Å². The highest BCUT2D eigenvalue weighted by Crippen LogP contribution is 2.05. The molecule has 0 aromatic rings. The summed E-state index contributed by atoms with van der Waals surface area (Å²) in [6.07, 6.45) is 5.69. The molecule has 0 spiro atoms. The maximum atomic E-state index is 11.2. The Kier molecular flexibility index (Phi) is 10.0. The maximum Gasteiger partial charge on any atom is 0.448 e. The van der Waals surface area contributed by atoms with Crippen molar-refractivity contribution in [2.75, 3.05) is 6.61 Å². The molecule has 0 heterocycles. The Labute approximate surface area is 119 Å². The first-order chi connectivity index (χ1) is 9.35. The molecule has 7 nitrogen and oxygen atoms in total. The second-order valence-electron chi connectivity index (χ2n) is 4.37. The van der Waals surface area contributed by atoms with E-state index in [9.17, 15) is 18.0 Å². The Bertz CT molecular complexity index is 389. The third kappa shape index (κ3) is 13.3. The average molecular weight is 310 g/mol. The normalized spacial score (nSPS) is 11.1. The van der Waals surface area contributed by atoms with E-state index in [-0.39, 0.29) is 13.0 Å². The Morgan fingerprint density at radius 2 is 1.50 bits per heavy atom. The molecule has 118 valence electrons. The van der Waals surface area contributed by atoms with Gasteiger partial charge in [-0.3, -0.25) is 14.1 Å². The molecule has 1 N–H and O–H groups in total. The molecule has 8 heteroatoms. The van der Waals surface area contributed by atoms with Gasteiger partial charge in [-0.25, -0.2) is 0 Å². The van der Waals surface area contributed by atoms with E-state index in [0.29, 0.717) is 0 Å². The summed E-state index contributed by atoms with van der Waals surface area (Å²) in [5.41, 5.74) is 0. The standard InChI is InChI=1S/C12H22O7S/c1-2-3-4-5-6-7-10-18-11(13)8-9-12(14)19-20(15,16)17/h2-10H2,1H3,(H,15,16,17). The Balaban J connectivity index is 3.52. The highest BCUT2D eigenvalue weighted by molar-refractivity contribution is 7.81. The predicted octanol–water partition coefficient (Wildman–Crippen LogP) is 2.02. The molecule has 0 aromatic carbocycles. The van der Waals surface area contributed by atoms with E-state index >= 15 is 0 Å². The summed E-state index contributed by atoms with van der Waals surface area (Å²) in [5, 5.41) is 0. The molecule has 0 atom stereocenters. The van der Waals surface area contributed by atoms with Crippen LogP contribution in [0.3, 0.4) is 0 Å². The monoisotopic (exact) mass is 310 g/mol. The Hall–Kier alpha value is -1.15. The van der Waals surface area contributed by atoms with Crippen LogP contribution in [0.25, 0.3) is 0 Å². The Morgan fingerprint density at radius 1 is 0.950 bits per heavy atom. The average Bonchev–Trinajstić information content (AvgIpc) is 2.33. The van der Waals surface area contributed by atoms with Gasteiger partial charge in [-0.15, -0.1) is 0 Å². The van der Waals surface area contributed by atoms with E-state index in [1.807, 2.05) is 0 Å². The first-order valence-corrected chi connectivity index (χ1v) is 8.07. The fourth-order valence-corrected chi connectivity index (χ4v) is 1.82. The van der Waals surface area contributed by atoms with Crippen molar-refractivity contribution in [3.05, 3.63) is 0 Å². The molecule has 0 aromatic heterocycles. The number of hydrogen-bond donors (Lipinski definition) is 1. The highest BCUT2D eigenvalue weighted by atomic mass is 32.3. The Morgan fingerprint density at radius 3 is 2.10 bits per heavy atom. The number of unbranched alkanes of at least 4 members (excludes halogenated alkanes) is 5. The van der Waals surface area contributed by atoms with Gasteiger partial charge >= 0.3 is 22.3 Å². The number of carbonyl (C=O) groups is 2. The molecule has 0 rings (SSSR count). The minimum Gasteiger partial charge on any atom is -0.466 e. The van der Waals surface area contributed by atoms with Crippen LogP contribution in [-0.4, -0.2) is 31.5 Å². The van der Waals surface area contributed by atoms with E-state index in [1.54, 1.807) is 0 Å². The predicted molar refractivity (Wildman–Crippen MR) is 71.2 cm³/mol. The first-order valence-electron chi connectivity index (χ1n) is 6.70. The van der Waals surface area contributed by atoms with E-state index in [2.05, 4.69) is 11.1 Å². The maximum absolute atomic E-state index is 11.2. The van der Waals surface area contributed by atoms with Gasteiger partial charge in [-0.2, -0.15) is 8.42 Å². The number of esters is 1. The lowest BCUT2D eigenvalue weighted by Crippen LogP contribution is -2.14. The zero-order valence-corrected chi connectivity index (χ0v) is 12.5. The van der Waals surface area contributed by atoms with Gasteiger partial charge in [0.1, 0.15) is 0 Å². The summed E-state index contributed by atoms with van der Waals surface area (Å²) in [7, 11) is -4.80.